The summed E-state index contributed by atoms with van der Waals surface area (Å²) < 4.78 is 16.5. The summed E-state index contributed by atoms with van der Waals surface area (Å²) in [5.74, 6) is 2.43. The normalized spacial score (nSPS) is 12.1. The van der Waals surface area contributed by atoms with Gasteiger partial charge in [-0.15, -0.1) is 0 Å². The standard InChI is InChI=1S/C22H25NO4/c1-25-21-10-5-7-18(13-21)14-23(16-22-11-6-12-26-22)15-19(24)17-27-20-8-3-2-4-9-20/h2-13,19,24H,14-17H2,1H3/t19-/m0/s1. The lowest BCUT2D eigenvalue weighted by Crippen LogP contribution is -2.35. The van der Waals surface area contributed by atoms with Crippen molar-refractivity contribution >= 4 is 0 Å². The molecular formula is C22H25NO4. The molecular weight excluding hydrogens is 342 g/mol. The van der Waals surface area contributed by atoms with E-state index in [-0.39, 0.29) is 6.61 Å². The third-order valence-electron chi connectivity index (χ3n) is 4.15. The van der Waals surface area contributed by atoms with Crippen molar-refractivity contribution in [1.29, 1.82) is 0 Å². The van der Waals surface area contributed by atoms with E-state index in [2.05, 4.69) is 4.90 Å². The molecule has 0 saturated carbocycles. The molecule has 0 amide bonds. The van der Waals surface area contributed by atoms with Gasteiger partial charge in [0.1, 0.15) is 30.0 Å². The number of aliphatic hydroxyl groups is 1. The van der Waals surface area contributed by atoms with Crippen LogP contribution in [0.4, 0.5) is 0 Å². The van der Waals surface area contributed by atoms with Gasteiger partial charge in [-0.1, -0.05) is 30.3 Å². The zero-order valence-corrected chi connectivity index (χ0v) is 15.5. The van der Waals surface area contributed by atoms with Crippen LogP contribution in [0.3, 0.4) is 0 Å². The lowest BCUT2D eigenvalue weighted by Gasteiger charge is -2.24. The Bertz CT molecular complexity index is 789. The number of rotatable bonds is 10. The predicted molar refractivity (Wildman–Crippen MR) is 104 cm³/mol. The van der Waals surface area contributed by atoms with Crippen molar-refractivity contribution in [1.82, 2.24) is 4.90 Å². The summed E-state index contributed by atoms with van der Waals surface area (Å²) in [6, 6.07) is 21.3. The number of ether oxygens (including phenoxy) is 2. The van der Waals surface area contributed by atoms with Gasteiger partial charge in [0.15, 0.2) is 0 Å². The first-order chi connectivity index (χ1) is 13.2. The van der Waals surface area contributed by atoms with Gasteiger partial charge in [0.25, 0.3) is 0 Å². The Morgan fingerprint density at radius 3 is 2.52 bits per heavy atom. The first-order valence-corrected chi connectivity index (χ1v) is 8.96. The number of furan rings is 1. The first kappa shape index (κ1) is 19.0. The maximum atomic E-state index is 10.5. The van der Waals surface area contributed by atoms with Crippen LogP contribution in [-0.4, -0.2) is 36.4 Å². The van der Waals surface area contributed by atoms with Crippen LogP contribution in [0.15, 0.2) is 77.4 Å². The van der Waals surface area contributed by atoms with E-state index in [0.29, 0.717) is 19.6 Å². The summed E-state index contributed by atoms with van der Waals surface area (Å²) in [5, 5.41) is 10.5. The molecule has 27 heavy (non-hydrogen) atoms. The molecule has 0 aliphatic carbocycles. The largest absolute Gasteiger partial charge is 0.497 e. The highest BCUT2D eigenvalue weighted by molar-refractivity contribution is 5.28. The molecule has 2 aromatic carbocycles. The highest BCUT2D eigenvalue weighted by Gasteiger charge is 2.15. The quantitative estimate of drug-likeness (QED) is 0.592. The zero-order chi connectivity index (χ0) is 18.9. The minimum atomic E-state index is -0.620. The molecule has 1 aromatic heterocycles. The monoisotopic (exact) mass is 367 g/mol. The van der Waals surface area contributed by atoms with E-state index in [0.717, 1.165) is 22.8 Å². The van der Waals surface area contributed by atoms with E-state index in [1.165, 1.54) is 0 Å². The third-order valence-corrected chi connectivity index (χ3v) is 4.15. The van der Waals surface area contributed by atoms with Crippen molar-refractivity contribution < 1.29 is 19.0 Å². The van der Waals surface area contributed by atoms with Gasteiger partial charge in [0.05, 0.1) is 19.9 Å². The number of hydrogen-bond donors (Lipinski definition) is 1. The van der Waals surface area contributed by atoms with Crippen molar-refractivity contribution in [3.63, 3.8) is 0 Å². The topological polar surface area (TPSA) is 55.1 Å². The van der Waals surface area contributed by atoms with Gasteiger partial charge in [-0.05, 0) is 42.0 Å². The minimum absolute atomic E-state index is 0.233. The molecule has 0 fully saturated rings. The lowest BCUT2D eigenvalue weighted by molar-refractivity contribution is 0.0604. The molecule has 0 spiro atoms. The van der Waals surface area contributed by atoms with Gasteiger partial charge in [0.2, 0.25) is 0 Å². The summed E-state index contributed by atoms with van der Waals surface area (Å²) >= 11 is 0. The van der Waals surface area contributed by atoms with Gasteiger partial charge >= 0.3 is 0 Å². The second-order valence-electron chi connectivity index (χ2n) is 6.38. The van der Waals surface area contributed by atoms with E-state index in [9.17, 15) is 5.11 Å². The summed E-state index contributed by atoms with van der Waals surface area (Å²) in [6.07, 6.45) is 1.04. The molecule has 0 radical (unpaired) electrons. The van der Waals surface area contributed by atoms with Crippen LogP contribution in [0, 0.1) is 0 Å². The molecule has 0 unspecified atom stereocenters. The van der Waals surface area contributed by atoms with Gasteiger partial charge in [-0.25, -0.2) is 0 Å². The molecule has 142 valence electrons. The molecule has 0 aliphatic heterocycles. The second-order valence-corrected chi connectivity index (χ2v) is 6.38. The maximum Gasteiger partial charge on any atom is 0.119 e. The van der Waals surface area contributed by atoms with E-state index in [1.54, 1.807) is 13.4 Å². The summed E-state index contributed by atoms with van der Waals surface area (Å²) in [5.41, 5.74) is 1.11. The number of methoxy groups -OCH3 is 1. The third kappa shape index (κ3) is 6.16. The molecule has 1 heterocycles. The van der Waals surface area contributed by atoms with Gasteiger partial charge in [-0.3, -0.25) is 4.90 Å². The summed E-state index contributed by atoms with van der Waals surface area (Å²) in [7, 11) is 1.66. The fraction of sp³-hybridized carbons (Fsp3) is 0.273. The van der Waals surface area contributed by atoms with Crippen LogP contribution in [0.2, 0.25) is 0 Å². The van der Waals surface area contributed by atoms with Crippen molar-refractivity contribution in [2.45, 2.75) is 19.2 Å². The average Bonchev–Trinajstić information content (AvgIpc) is 3.20. The Kier molecular flexibility index (Phi) is 6.90. The summed E-state index contributed by atoms with van der Waals surface area (Å²) in [4.78, 5) is 2.13. The van der Waals surface area contributed by atoms with Gasteiger partial charge in [0, 0.05) is 13.1 Å². The second kappa shape index (κ2) is 9.80. The van der Waals surface area contributed by atoms with Crippen LogP contribution in [0.1, 0.15) is 11.3 Å². The van der Waals surface area contributed by atoms with Crippen LogP contribution in [-0.2, 0) is 13.1 Å². The van der Waals surface area contributed by atoms with Crippen molar-refractivity contribution in [2.24, 2.45) is 0 Å². The molecule has 0 saturated heterocycles. The summed E-state index contributed by atoms with van der Waals surface area (Å²) in [6.45, 7) is 1.97. The number of hydrogen-bond acceptors (Lipinski definition) is 5. The Balaban J connectivity index is 1.61. The van der Waals surface area contributed by atoms with Crippen molar-refractivity contribution in [3.8, 4) is 11.5 Å². The Hall–Kier alpha value is -2.76. The number of aliphatic hydroxyl groups excluding tert-OH is 1. The molecule has 3 rings (SSSR count). The van der Waals surface area contributed by atoms with Gasteiger partial charge in [-0.2, -0.15) is 0 Å². The van der Waals surface area contributed by atoms with E-state index in [4.69, 9.17) is 13.9 Å². The Morgan fingerprint density at radius 1 is 0.963 bits per heavy atom. The van der Waals surface area contributed by atoms with E-state index in [1.807, 2.05) is 66.7 Å². The van der Waals surface area contributed by atoms with Crippen LogP contribution in [0.5, 0.6) is 11.5 Å². The SMILES string of the molecule is COc1cccc(CN(Cc2ccco2)C[C@H](O)COc2ccccc2)c1. The molecule has 1 atom stereocenters. The molecule has 3 aromatic rings. The van der Waals surface area contributed by atoms with Crippen LogP contribution in [0.25, 0.3) is 0 Å². The number of para-hydroxylation sites is 1. The van der Waals surface area contributed by atoms with E-state index < -0.39 is 6.10 Å². The average molecular weight is 367 g/mol. The van der Waals surface area contributed by atoms with Crippen molar-refractivity contribution in [2.75, 3.05) is 20.3 Å². The molecule has 1 N–H and O–H groups in total. The van der Waals surface area contributed by atoms with E-state index >= 15 is 0 Å². The molecule has 0 aliphatic rings. The fourth-order valence-corrected chi connectivity index (χ4v) is 2.90. The lowest BCUT2D eigenvalue weighted by atomic mass is 10.2. The highest BCUT2D eigenvalue weighted by Crippen LogP contribution is 2.17. The zero-order valence-electron chi connectivity index (χ0n) is 15.5. The first-order valence-electron chi connectivity index (χ1n) is 8.96. The number of benzene rings is 2. The van der Waals surface area contributed by atoms with Crippen LogP contribution >= 0.6 is 0 Å². The maximum absolute atomic E-state index is 10.5. The Morgan fingerprint density at radius 2 is 1.78 bits per heavy atom. The molecule has 5 heteroatoms. The van der Waals surface area contributed by atoms with Crippen LogP contribution < -0.4 is 9.47 Å². The Labute approximate surface area is 159 Å². The molecule has 5 nitrogen and oxygen atoms in total. The minimum Gasteiger partial charge on any atom is -0.497 e. The number of nitrogens with zero attached hydrogens (tertiary/aromatic N) is 1. The smallest absolute Gasteiger partial charge is 0.119 e. The van der Waals surface area contributed by atoms with Gasteiger partial charge < -0.3 is 19.0 Å². The highest BCUT2D eigenvalue weighted by atomic mass is 16.5. The fourth-order valence-electron chi connectivity index (χ4n) is 2.90. The predicted octanol–water partition coefficient (Wildman–Crippen LogP) is 3.73. The molecule has 0 bridgehead atoms. The van der Waals surface area contributed by atoms with Crippen molar-refractivity contribution in [3.05, 3.63) is 84.3 Å².